The van der Waals surface area contributed by atoms with Gasteiger partial charge in [0.05, 0.1) is 33.6 Å². The van der Waals surface area contributed by atoms with E-state index in [9.17, 15) is 9.90 Å². The van der Waals surface area contributed by atoms with Crippen molar-refractivity contribution in [1.29, 1.82) is 0 Å². The van der Waals surface area contributed by atoms with E-state index in [4.69, 9.17) is 26.4 Å². The molecule has 0 radical (unpaired) electrons. The van der Waals surface area contributed by atoms with Crippen LogP contribution in [0.4, 0.5) is 5.69 Å². The van der Waals surface area contributed by atoms with Crippen molar-refractivity contribution in [1.82, 2.24) is 9.88 Å². The predicted octanol–water partition coefficient (Wildman–Crippen LogP) is 3.14. The number of fused-ring (bicyclic) bond motifs is 1. The van der Waals surface area contributed by atoms with Crippen LogP contribution in [0.25, 0.3) is 10.9 Å². The lowest BCUT2D eigenvalue weighted by atomic mass is 10.1. The number of hydrogen-bond acceptors (Lipinski definition) is 6. The van der Waals surface area contributed by atoms with Crippen molar-refractivity contribution in [2.24, 2.45) is 0 Å². The summed E-state index contributed by atoms with van der Waals surface area (Å²) in [7, 11) is 4.75. The van der Waals surface area contributed by atoms with Gasteiger partial charge in [-0.25, -0.2) is 0 Å². The number of rotatable bonds is 9. The van der Waals surface area contributed by atoms with E-state index in [1.54, 1.807) is 39.5 Å². The van der Waals surface area contributed by atoms with Gasteiger partial charge >= 0.3 is 0 Å². The third kappa shape index (κ3) is 5.49. The number of aromatic nitrogens is 1. The highest BCUT2D eigenvalue weighted by Crippen LogP contribution is 2.29. The molecule has 0 saturated carbocycles. The number of ether oxygens (including phenoxy) is 3. The van der Waals surface area contributed by atoms with Crippen molar-refractivity contribution in [2.45, 2.75) is 13.0 Å². The number of aliphatic hydroxyl groups excluding tert-OH is 1. The second-order valence-electron chi connectivity index (χ2n) is 7.07. The molecule has 0 aliphatic heterocycles. The number of pyridine rings is 1. The summed E-state index contributed by atoms with van der Waals surface area (Å²) in [6.07, 6.45) is 0.501. The van der Waals surface area contributed by atoms with Crippen molar-refractivity contribution in [3.63, 3.8) is 0 Å². The van der Waals surface area contributed by atoms with Gasteiger partial charge in [0.25, 0.3) is 5.56 Å². The Bertz CT molecular complexity index is 1150. The van der Waals surface area contributed by atoms with Crippen molar-refractivity contribution >= 4 is 33.9 Å². The monoisotopic (exact) mass is 457 g/mol. The number of hydrogen-bond donors (Lipinski definition) is 3. The SMILES string of the molecule is COc1ccc(NC(=S)N(CCCO)Cc2cc3cc(OC)ccc3[nH]c2=O)c(OC)c1. The lowest BCUT2D eigenvalue weighted by Gasteiger charge is -2.26. The molecule has 2 aromatic carbocycles. The maximum absolute atomic E-state index is 12.7. The van der Waals surface area contributed by atoms with Crippen LogP contribution in [0, 0.1) is 0 Å². The molecule has 0 aliphatic rings. The van der Waals surface area contributed by atoms with Crippen molar-refractivity contribution in [3.05, 3.63) is 58.4 Å². The van der Waals surface area contributed by atoms with Gasteiger partial charge < -0.3 is 34.5 Å². The average molecular weight is 458 g/mol. The van der Waals surface area contributed by atoms with Gasteiger partial charge in [-0.1, -0.05) is 0 Å². The Balaban J connectivity index is 1.87. The van der Waals surface area contributed by atoms with E-state index in [0.29, 0.717) is 46.6 Å². The minimum Gasteiger partial charge on any atom is -0.497 e. The van der Waals surface area contributed by atoms with E-state index in [1.165, 1.54) is 0 Å². The van der Waals surface area contributed by atoms with Gasteiger partial charge in [-0.2, -0.15) is 0 Å². The summed E-state index contributed by atoms with van der Waals surface area (Å²) in [4.78, 5) is 17.4. The van der Waals surface area contributed by atoms with Crippen LogP contribution < -0.4 is 25.1 Å². The Morgan fingerprint density at radius 2 is 1.78 bits per heavy atom. The molecule has 3 N–H and O–H groups in total. The maximum Gasteiger partial charge on any atom is 0.253 e. The number of anilines is 1. The molecule has 0 unspecified atom stereocenters. The first-order chi connectivity index (χ1) is 15.5. The fraction of sp³-hybridized carbons (Fsp3) is 0.304. The highest BCUT2D eigenvalue weighted by Gasteiger charge is 2.15. The van der Waals surface area contributed by atoms with E-state index in [1.807, 2.05) is 29.2 Å². The minimum atomic E-state index is -0.193. The molecule has 1 heterocycles. The topological polar surface area (TPSA) is 96.0 Å². The zero-order chi connectivity index (χ0) is 23.1. The normalized spacial score (nSPS) is 10.6. The molecule has 0 aliphatic carbocycles. The number of aromatic amines is 1. The van der Waals surface area contributed by atoms with E-state index < -0.39 is 0 Å². The smallest absolute Gasteiger partial charge is 0.253 e. The Kier molecular flexibility index (Phi) is 7.91. The number of H-pyrrole nitrogens is 1. The molecule has 1 aromatic heterocycles. The summed E-state index contributed by atoms with van der Waals surface area (Å²) in [5, 5.41) is 13.8. The number of benzene rings is 2. The number of methoxy groups -OCH3 is 3. The third-order valence-electron chi connectivity index (χ3n) is 5.01. The molecule has 170 valence electrons. The number of nitrogens with one attached hydrogen (secondary N) is 2. The largest absolute Gasteiger partial charge is 0.497 e. The van der Waals surface area contributed by atoms with Crippen LogP contribution in [-0.2, 0) is 6.54 Å². The van der Waals surface area contributed by atoms with Crippen LogP contribution in [-0.4, -0.2) is 54.6 Å². The molecule has 0 atom stereocenters. The number of aliphatic hydroxyl groups is 1. The van der Waals surface area contributed by atoms with E-state index >= 15 is 0 Å². The van der Waals surface area contributed by atoms with Crippen LogP contribution in [0.2, 0.25) is 0 Å². The van der Waals surface area contributed by atoms with Gasteiger partial charge in [0.2, 0.25) is 0 Å². The Morgan fingerprint density at radius 1 is 1.06 bits per heavy atom. The van der Waals surface area contributed by atoms with Crippen LogP contribution in [0.15, 0.2) is 47.3 Å². The molecule has 3 aromatic rings. The zero-order valence-electron chi connectivity index (χ0n) is 18.3. The summed E-state index contributed by atoms with van der Waals surface area (Å²) in [5.41, 5.74) is 1.76. The highest BCUT2D eigenvalue weighted by atomic mass is 32.1. The fourth-order valence-electron chi connectivity index (χ4n) is 3.29. The Hall–Kier alpha value is -3.30. The predicted molar refractivity (Wildman–Crippen MR) is 129 cm³/mol. The van der Waals surface area contributed by atoms with Crippen molar-refractivity contribution in [2.75, 3.05) is 39.8 Å². The van der Waals surface area contributed by atoms with Crippen molar-refractivity contribution in [3.8, 4) is 17.2 Å². The number of thiocarbonyl (C=S) groups is 1. The van der Waals surface area contributed by atoms with Gasteiger partial charge in [-0.15, -0.1) is 0 Å². The molecule has 0 amide bonds. The van der Waals surface area contributed by atoms with Crippen LogP contribution in [0.1, 0.15) is 12.0 Å². The lowest BCUT2D eigenvalue weighted by molar-refractivity contribution is 0.265. The molecule has 9 heteroatoms. The quantitative estimate of drug-likeness (QED) is 0.422. The maximum atomic E-state index is 12.7. The first-order valence-electron chi connectivity index (χ1n) is 10.1. The molecule has 0 spiro atoms. The molecular weight excluding hydrogens is 430 g/mol. The first-order valence-corrected chi connectivity index (χ1v) is 10.5. The molecule has 0 bridgehead atoms. The average Bonchev–Trinajstić information content (AvgIpc) is 2.81. The van der Waals surface area contributed by atoms with Crippen LogP contribution >= 0.6 is 12.2 Å². The van der Waals surface area contributed by atoms with Gasteiger partial charge in [0.15, 0.2) is 5.11 Å². The van der Waals surface area contributed by atoms with Gasteiger partial charge in [0, 0.05) is 35.7 Å². The van der Waals surface area contributed by atoms with E-state index in [-0.39, 0.29) is 18.7 Å². The summed E-state index contributed by atoms with van der Waals surface area (Å²) in [6.45, 7) is 0.749. The van der Waals surface area contributed by atoms with Crippen LogP contribution in [0.5, 0.6) is 17.2 Å². The summed E-state index contributed by atoms with van der Waals surface area (Å²) in [5.74, 6) is 1.94. The third-order valence-corrected chi connectivity index (χ3v) is 5.37. The lowest BCUT2D eigenvalue weighted by Crippen LogP contribution is -2.37. The van der Waals surface area contributed by atoms with Gasteiger partial charge in [-0.05, 0) is 55.0 Å². The first kappa shape index (κ1) is 23.4. The fourth-order valence-corrected chi connectivity index (χ4v) is 3.56. The summed E-state index contributed by atoms with van der Waals surface area (Å²) in [6, 6.07) is 12.7. The van der Waals surface area contributed by atoms with E-state index in [0.717, 1.165) is 10.9 Å². The van der Waals surface area contributed by atoms with Crippen molar-refractivity contribution < 1.29 is 19.3 Å². The molecule has 0 fully saturated rings. The Morgan fingerprint density at radius 3 is 2.47 bits per heavy atom. The van der Waals surface area contributed by atoms with E-state index in [2.05, 4.69) is 10.3 Å². The molecule has 32 heavy (non-hydrogen) atoms. The number of nitrogens with zero attached hydrogens (tertiary/aromatic N) is 1. The molecule has 0 saturated heterocycles. The van der Waals surface area contributed by atoms with Gasteiger partial charge in [0.1, 0.15) is 17.2 Å². The van der Waals surface area contributed by atoms with Gasteiger partial charge in [-0.3, -0.25) is 4.79 Å². The molecule has 8 nitrogen and oxygen atoms in total. The summed E-state index contributed by atoms with van der Waals surface area (Å²) >= 11 is 5.63. The Labute approximate surface area is 191 Å². The van der Waals surface area contributed by atoms with Crippen LogP contribution in [0.3, 0.4) is 0 Å². The molecular formula is C23H27N3O5S. The standard InChI is InChI=1S/C23H27N3O5S/c1-29-17-5-7-19-15(12-17)11-16(22(28)24-19)14-26(9-4-10-27)23(32)25-20-8-6-18(30-2)13-21(20)31-3/h5-8,11-13,27H,4,9-10,14H2,1-3H3,(H,24,28)(H,25,32). The highest BCUT2D eigenvalue weighted by molar-refractivity contribution is 7.80. The molecule has 3 rings (SSSR count). The second kappa shape index (κ2) is 10.8. The minimum absolute atomic E-state index is 0.0102. The second-order valence-corrected chi connectivity index (χ2v) is 7.46. The zero-order valence-corrected chi connectivity index (χ0v) is 19.1. The summed E-state index contributed by atoms with van der Waals surface area (Å²) < 4.78 is 16.0.